The Morgan fingerprint density at radius 3 is 2.36 bits per heavy atom. The lowest BCUT2D eigenvalue weighted by molar-refractivity contribution is -0.142. The van der Waals surface area contributed by atoms with Crippen LogP contribution in [0.1, 0.15) is 83.4 Å². The normalized spacial score (nSPS) is 20.3. The van der Waals surface area contributed by atoms with Gasteiger partial charge in [-0.05, 0) is 44.6 Å². The second-order valence-electron chi connectivity index (χ2n) is 13.7. The smallest absolute Gasteiger partial charge is 0.315 e. The predicted octanol–water partition coefficient (Wildman–Crippen LogP) is 4.61. The van der Waals surface area contributed by atoms with Crippen LogP contribution < -0.4 is 20.7 Å². The molecule has 11 nitrogen and oxygen atoms in total. The highest BCUT2D eigenvalue weighted by Gasteiger charge is 2.46. The van der Waals surface area contributed by atoms with E-state index in [1.165, 1.54) is 22.4 Å². The van der Waals surface area contributed by atoms with Gasteiger partial charge in [0.15, 0.2) is 5.01 Å². The molecule has 1 saturated heterocycles. The molecule has 13 heteroatoms. The van der Waals surface area contributed by atoms with Crippen LogP contribution in [0.4, 0.5) is 4.79 Å². The van der Waals surface area contributed by atoms with Gasteiger partial charge in [-0.3, -0.25) is 14.4 Å². The van der Waals surface area contributed by atoms with Crippen LogP contribution in [0, 0.1) is 11.3 Å². The van der Waals surface area contributed by atoms with Gasteiger partial charge in [0.05, 0.1) is 17.6 Å². The fourth-order valence-corrected chi connectivity index (χ4v) is 6.10. The van der Waals surface area contributed by atoms with Gasteiger partial charge < -0.3 is 25.6 Å². The predicted molar refractivity (Wildman–Crippen MR) is 169 cm³/mol. The summed E-state index contributed by atoms with van der Waals surface area (Å²) in [4.78, 5) is 64.4. The Hall–Kier alpha value is -3.25. The lowest BCUT2D eigenvalue weighted by atomic mass is 9.80. The summed E-state index contributed by atoms with van der Waals surface area (Å²) in [5, 5.41) is 11.2. The molecule has 1 saturated carbocycles. The number of ketones is 1. The van der Waals surface area contributed by atoms with Crippen molar-refractivity contribution < 1.29 is 23.9 Å². The quantitative estimate of drug-likeness (QED) is 0.320. The minimum atomic E-state index is -0.949. The minimum absolute atomic E-state index is 0.0874. The van der Waals surface area contributed by atoms with Crippen molar-refractivity contribution >= 4 is 46.6 Å². The number of carbonyl (C=O) groups is 4. The number of likely N-dealkylation sites (tertiary alicyclic amines) is 1. The number of ether oxygens (including phenoxy) is 1. The average molecular weight is 647 g/mol. The van der Waals surface area contributed by atoms with Gasteiger partial charge in [-0.2, -0.15) is 0 Å². The highest BCUT2D eigenvalue weighted by Crippen LogP contribution is 2.32. The molecule has 2 fully saturated rings. The molecule has 4 atom stereocenters. The lowest BCUT2D eigenvalue weighted by Gasteiger charge is -2.36. The summed E-state index contributed by atoms with van der Waals surface area (Å²) in [6, 6.07) is 0.135. The molecular formula is C31H43ClN6O5S. The first-order valence-corrected chi connectivity index (χ1v) is 16.3. The third kappa shape index (κ3) is 8.90. The van der Waals surface area contributed by atoms with Crippen LogP contribution in [0.2, 0.25) is 5.02 Å². The summed E-state index contributed by atoms with van der Waals surface area (Å²) in [5.41, 5.74) is -1.20. The largest absolute Gasteiger partial charge is 0.472 e. The number of pyridine rings is 1. The van der Waals surface area contributed by atoms with Gasteiger partial charge in [-0.1, -0.05) is 51.6 Å². The van der Waals surface area contributed by atoms with Crippen LogP contribution in [0.5, 0.6) is 5.88 Å². The van der Waals surface area contributed by atoms with E-state index in [0.717, 1.165) is 19.3 Å². The maximum atomic E-state index is 14.2. The van der Waals surface area contributed by atoms with Crippen molar-refractivity contribution in [1.29, 1.82) is 0 Å². The number of hydrogen-bond donors (Lipinski definition) is 3. The number of nitrogens with zero attached hydrogens (tertiary/aromatic N) is 3. The number of aromatic nitrogens is 2. The van der Waals surface area contributed by atoms with E-state index in [1.807, 2.05) is 41.5 Å². The van der Waals surface area contributed by atoms with Gasteiger partial charge in [0.2, 0.25) is 23.5 Å². The number of thiazole rings is 1. The van der Waals surface area contributed by atoms with Gasteiger partial charge >= 0.3 is 6.03 Å². The summed E-state index contributed by atoms with van der Waals surface area (Å²) in [6.45, 7) is 11.2. The Kier molecular flexibility index (Phi) is 10.6. The van der Waals surface area contributed by atoms with Gasteiger partial charge in [-0.15, -0.1) is 11.3 Å². The highest BCUT2D eigenvalue weighted by atomic mass is 35.5. The highest BCUT2D eigenvalue weighted by molar-refractivity contribution is 7.11. The third-order valence-corrected chi connectivity index (χ3v) is 8.79. The zero-order valence-corrected chi connectivity index (χ0v) is 27.8. The number of halogens is 1. The van der Waals surface area contributed by atoms with Gasteiger partial charge in [0.1, 0.15) is 18.2 Å². The summed E-state index contributed by atoms with van der Waals surface area (Å²) in [6.07, 6.45) is 6.26. The number of nitrogens with one attached hydrogen (secondary N) is 3. The zero-order valence-electron chi connectivity index (χ0n) is 26.2. The molecule has 3 N–H and O–H groups in total. The Morgan fingerprint density at radius 1 is 1.09 bits per heavy atom. The van der Waals surface area contributed by atoms with Crippen LogP contribution in [0.15, 0.2) is 29.9 Å². The first kappa shape index (κ1) is 33.6. The van der Waals surface area contributed by atoms with E-state index in [-0.39, 0.29) is 18.7 Å². The van der Waals surface area contributed by atoms with E-state index in [0.29, 0.717) is 28.2 Å². The van der Waals surface area contributed by atoms with Crippen molar-refractivity contribution in [2.75, 3.05) is 6.54 Å². The van der Waals surface area contributed by atoms with E-state index >= 15 is 0 Å². The molecule has 4 amide bonds. The second-order valence-corrected chi connectivity index (χ2v) is 15.1. The van der Waals surface area contributed by atoms with Gasteiger partial charge in [0, 0.05) is 35.8 Å². The van der Waals surface area contributed by atoms with E-state index in [4.69, 9.17) is 16.3 Å². The molecular weight excluding hydrogens is 604 g/mol. The zero-order chi connectivity index (χ0) is 32.2. The molecule has 44 heavy (non-hydrogen) atoms. The Balaban J connectivity index is 1.59. The molecule has 1 aliphatic heterocycles. The van der Waals surface area contributed by atoms with Crippen molar-refractivity contribution in [2.45, 2.75) is 103 Å². The van der Waals surface area contributed by atoms with Crippen LogP contribution in [-0.4, -0.2) is 74.8 Å². The second kappa shape index (κ2) is 13.8. The maximum Gasteiger partial charge on any atom is 0.315 e. The minimum Gasteiger partial charge on any atom is -0.472 e. The Morgan fingerprint density at radius 2 is 1.82 bits per heavy atom. The number of urea groups is 1. The SMILES string of the molecule is CC(C)(C)NC(=O)N[C@H](C(=O)N1C[C@H](Oc2ccc(Cl)cn2)C[C@H]1C(=O)NC(CC1CCC1)C(=O)c1nccs1)C(C)(C)C. The summed E-state index contributed by atoms with van der Waals surface area (Å²) >= 11 is 7.22. The standard InChI is InChI=1S/C31H43ClN6O5S/c1-30(2,3)25(36-29(42)37-31(4,5)6)28(41)38-17-20(43-23-11-10-19(32)16-34-23)15-22(38)26(40)35-21(14-18-8-7-9-18)24(39)27-33-12-13-44-27/h10-13,16,18,20-22,25H,7-9,14-15,17H2,1-6H3,(H,35,40)(H2,36,37,42)/t20-,21?,22+,25-/m1/s1. The van der Waals surface area contributed by atoms with E-state index in [2.05, 4.69) is 25.9 Å². The lowest BCUT2D eigenvalue weighted by Crippen LogP contribution is -2.61. The maximum absolute atomic E-state index is 14.2. The van der Waals surface area contributed by atoms with Crippen molar-refractivity contribution in [3.05, 3.63) is 39.9 Å². The number of carbonyl (C=O) groups excluding carboxylic acids is 4. The number of Topliss-reactive ketones (excluding diaryl/α,β-unsaturated/α-hetero) is 1. The number of hydrogen-bond acceptors (Lipinski definition) is 8. The van der Waals surface area contributed by atoms with Gasteiger partial charge in [0.25, 0.3) is 0 Å². The first-order valence-electron chi connectivity index (χ1n) is 15.0. The van der Waals surface area contributed by atoms with Crippen molar-refractivity contribution in [1.82, 2.24) is 30.8 Å². The molecule has 4 rings (SSSR count). The molecule has 0 aromatic carbocycles. The Labute approximate surface area is 267 Å². The van der Waals surface area contributed by atoms with Crippen LogP contribution in [-0.2, 0) is 9.59 Å². The summed E-state index contributed by atoms with van der Waals surface area (Å²) in [7, 11) is 0. The van der Waals surface area contributed by atoms with E-state index in [9.17, 15) is 19.2 Å². The summed E-state index contributed by atoms with van der Waals surface area (Å²) in [5.74, 6) is -0.450. The van der Waals surface area contributed by atoms with E-state index < -0.39 is 53.0 Å². The van der Waals surface area contributed by atoms with Crippen LogP contribution in [0.25, 0.3) is 0 Å². The molecule has 3 heterocycles. The number of amides is 4. The van der Waals surface area contributed by atoms with E-state index in [1.54, 1.807) is 23.7 Å². The first-order chi connectivity index (χ1) is 20.6. The molecule has 1 aliphatic carbocycles. The van der Waals surface area contributed by atoms with Crippen molar-refractivity contribution in [3.8, 4) is 5.88 Å². The molecule has 2 aromatic rings. The fourth-order valence-electron chi connectivity index (χ4n) is 5.36. The third-order valence-electron chi connectivity index (χ3n) is 7.78. The average Bonchev–Trinajstić information content (AvgIpc) is 3.58. The van der Waals surface area contributed by atoms with Crippen molar-refractivity contribution in [3.63, 3.8) is 0 Å². The summed E-state index contributed by atoms with van der Waals surface area (Å²) < 4.78 is 6.09. The van der Waals surface area contributed by atoms with Crippen LogP contribution >= 0.6 is 22.9 Å². The molecule has 2 aromatic heterocycles. The molecule has 240 valence electrons. The topological polar surface area (TPSA) is 143 Å². The monoisotopic (exact) mass is 646 g/mol. The molecule has 2 aliphatic rings. The number of rotatable bonds is 10. The van der Waals surface area contributed by atoms with Crippen molar-refractivity contribution in [2.24, 2.45) is 11.3 Å². The van der Waals surface area contributed by atoms with Crippen LogP contribution in [0.3, 0.4) is 0 Å². The van der Waals surface area contributed by atoms with Gasteiger partial charge in [-0.25, -0.2) is 14.8 Å². The molecule has 0 spiro atoms. The molecule has 0 bridgehead atoms. The fraction of sp³-hybridized carbons (Fsp3) is 0.613. The molecule has 1 unspecified atom stereocenters. The molecule has 0 radical (unpaired) electrons. The Bertz CT molecular complexity index is 1320.